The van der Waals surface area contributed by atoms with Gasteiger partial charge in [0.2, 0.25) is 11.9 Å². The van der Waals surface area contributed by atoms with Crippen molar-refractivity contribution in [2.45, 2.75) is 26.9 Å². The molecule has 2 aromatic rings. The van der Waals surface area contributed by atoms with Crippen LogP contribution in [0, 0.1) is 0 Å². The third-order valence-corrected chi connectivity index (χ3v) is 4.59. The first kappa shape index (κ1) is 23.6. The largest absolute Gasteiger partial charge is 0.506 e. The summed E-state index contributed by atoms with van der Waals surface area (Å²) in [4.78, 5) is 19.8. The Morgan fingerprint density at radius 3 is 2.55 bits per heavy atom. The van der Waals surface area contributed by atoms with E-state index >= 15 is 0 Å². The summed E-state index contributed by atoms with van der Waals surface area (Å²) in [5, 5.41) is 14.2. The van der Waals surface area contributed by atoms with Crippen LogP contribution in [0.4, 0.5) is 24.5 Å². The normalized spacial score (nSPS) is 14.8. The van der Waals surface area contributed by atoms with Crippen LogP contribution in [0.2, 0.25) is 0 Å². The molecule has 1 amide bonds. The second-order valence-electron chi connectivity index (χ2n) is 7.44. The number of aliphatic imine (C=N–C) groups is 2. The van der Waals surface area contributed by atoms with Crippen molar-refractivity contribution in [3.8, 4) is 5.75 Å². The lowest BCUT2D eigenvalue weighted by Crippen LogP contribution is -2.43. The van der Waals surface area contributed by atoms with E-state index in [1.54, 1.807) is 0 Å². The lowest BCUT2D eigenvalue weighted by atomic mass is 10.1. The molecule has 10 heteroatoms. The van der Waals surface area contributed by atoms with E-state index in [1.165, 1.54) is 48.5 Å². The van der Waals surface area contributed by atoms with E-state index in [9.17, 15) is 23.1 Å². The number of hydrazine groups is 1. The maximum absolute atomic E-state index is 13.2. The van der Waals surface area contributed by atoms with Crippen molar-refractivity contribution in [3.05, 3.63) is 71.4 Å². The maximum Gasteiger partial charge on any atom is 0.416 e. The number of nitrogens with zero attached hydrogens (tertiary/aromatic N) is 3. The number of nitrogens with one attached hydrogen (secondary N) is 2. The van der Waals surface area contributed by atoms with Crippen LogP contribution >= 0.6 is 0 Å². The van der Waals surface area contributed by atoms with Gasteiger partial charge >= 0.3 is 6.18 Å². The Hall–Kier alpha value is -4.08. The number of phenolic OH excluding ortho intramolecular Hbond substituents is 1. The van der Waals surface area contributed by atoms with Crippen LogP contribution in [0.1, 0.15) is 31.9 Å². The van der Waals surface area contributed by atoms with Gasteiger partial charge in [-0.05, 0) is 49.8 Å². The second kappa shape index (κ2) is 9.19. The molecule has 0 atom stereocenters. The van der Waals surface area contributed by atoms with Crippen LogP contribution in [-0.2, 0) is 11.0 Å². The first-order valence-electron chi connectivity index (χ1n) is 9.80. The van der Waals surface area contributed by atoms with E-state index < -0.39 is 11.7 Å². The summed E-state index contributed by atoms with van der Waals surface area (Å²) < 4.78 is 39.5. The van der Waals surface area contributed by atoms with Crippen molar-refractivity contribution in [2.75, 3.05) is 5.32 Å². The molecule has 0 aromatic heterocycles. The van der Waals surface area contributed by atoms with Crippen molar-refractivity contribution in [2.24, 2.45) is 9.98 Å². The quantitative estimate of drug-likeness (QED) is 0.550. The number of anilines is 1. The Morgan fingerprint density at radius 1 is 1.18 bits per heavy atom. The first-order chi connectivity index (χ1) is 15.5. The van der Waals surface area contributed by atoms with Crippen LogP contribution in [0.5, 0.6) is 5.75 Å². The highest BCUT2D eigenvalue weighted by molar-refractivity contribution is 5.99. The molecule has 0 spiro atoms. The number of phenols is 1. The zero-order chi connectivity index (χ0) is 24.3. The molecule has 2 aromatic carbocycles. The number of carbonyl (C=O) groups excluding carboxylic acids is 1. The van der Waals surface area contributed by atoms with Crippen molar-refractivity contribution in [1.29, 1.82) is 0 Å². The highest BCUT2D eigenvalue weighted by Gasteiger charge is 2.31. The molecule has 0 bridgehead atoms. The monoisotopic (exact) mass is 457 g/mol. The third kappa shape index (κ3) is 5.59. The minimum atomic E-state index is -4.49. The Morgan fingerprint density at radius 2 is 1.91 bits per heavy atom. The molecule has 1 heterocycles. The zero-order valence-electron chi connectivity index (χ0n) is 18.2. The van der Waals surface area contributed by atoms with Crippen LogP contribution in [-0.4, -0.2) is 28.2 Å². The molecule has 1 aliphatic rings. The van der Waals surface area contributed by atoms with Gasteiger partial charge in [0.1, 0.15) is 11.4 Å². The average molecular weight is 457 g/mol. The molecular weight excluding hydrogens is 435 g/mol. The fourth-order valence-corrected chi connectivity index (χ4v) is 3.00. The number of guanidine groups is 1. The summed E-state index contributed by atoms with van der Waals surface area (Å²) in [7, 11) is 0. The summed E-state index contributed by atoms with van der Waals surface area (Å²) in [6, 6.07) is 9.18. The van der Waals surface area contributed by atoms with E-state index in [0.29, 0.717) is 11.4 Å². The average Bonchev–Trinajstić information content (AvgIpc) is 2.74. The van der Waals surface area contributed by atoms with Gasteiger partial charge in [-0.25, -0.2) is 9.98 Å². The Balaban J connectivity index is 1.98. The zero-order valence-corrected chi connectivity index (χ0v) is 18.2. The van der Waals surface area contributed by atoms with E-state index in [1.807, 2.05) is 13.8 Å². The van der Waals surface area contributed by atoms with Gasteiger partial charge in [0.15, 0.2) is 0 Å². The number of benzene rings is 2. The second-order valence-corrected chi connectivity index (χ2v) is 7.44. The van der Waals surface area contributed by atoms with Gasteiger partial charge in [0.25, 0.3) is 0 Å². The van der Waals surface area contributed by atoms with Gasteiger partial charge < -0.3 is 10.4 Å². The smallest absolute Gasteiger partial charge is 0.416 e. The predicted octanol–water partition coefficient (Wildman–Crippen LogP) is 5.21. The fourth-order valence-electron chi connectivity index (χ4n) is 3.00. The van der Waals surface area contributed by atoms with Gasteiger partial charge in [-0.2, -0.15) is 13.2 Å². The van der Waals surface area contributed by atoms with Crippen LogP contribution in [0.25, 0.3) is 5.70 Å². The number of amides is 1. The lowest BCUT2D eigenvalue weighted by molar-refractivity contribution is -0.137. The molecular formula is C23H22F3N5O2. The van der Waals surface area contributed by atoms with Gasteiger partial charge in [-0.15, -0.1) is 0 Å². The molecule has 3 rings (SSSR count). The Kier molecular flexibility index (Phi) is 6.57. The molecule has 0 aliphatic carbocycles. The summed E-state index contributed by atoms with van der Waals surface area (Å²) in [5.41, 5.74) is 4.59. The molecule has 3 N–H and O–H groups in total. The van der Waals surface area contributed by atoms with Crippen molar-refractivity contribution in [1.82, 2.24) is 10.4 Å². The summed E-state index contributed by atoms with van der Waals surface area (Å²) >= 11 is 0. The Bertz CT molecular complexity index is 1190. The van der Waals surface area contributed by atoms with Crippen LogP contribution in [0.3, 0.4) is 0 Å². The molecule has 0 radical (unpaired) electrons. The number of aromatic hydroxyl groups is 1. The molecule has 33 heavy (non-hydrogen) atoms. The molecule has 0 fully saturated rings. The molecule has 0 saturated carbocycles. The molecule has 7 nitrogen and oxygen atoms in total. The number of alkyl halides is 3. The minimum absolute atomic E-state index is 0.0587. The van der Waals surface area contributed by atoms with E-state index in [4.69, 9.17) is 0 Å². The van der Waals surface area contributed by atoms with E-state index in [0.717, 1.165) is 17.7 Å². The van der Waals surface area contributed by atoms with Crippen molar-refractivity contribution in [3.63, 3.8) is 0 Å². The first-order valence-corrected chi connectivity index (χ1v) is 9.80. The lowest BCUT2D eigenvalue weighted by Gasteiger charge is -2.32. The van der Waals surface area contributed by atoms with Crippen molar-refractivity contribution < 1.29 is 23.1 Å². The maximum atomic E-state index is 13.2. The van der Waals surface area contributed by atoms with Crippen molar-refractivity contribution >= 4 is 35.2 Å². The molecule has 0 saturated heterocycles. The minimum Gasteiger partial charge on any atom is -0.506 e. The number of hydrogen-bond donors (Lipinski definition) is 3. The number of allylic oxidation sites excluding steroid dienone is 2. The summed E-state index contributed by atoms with van der Waals surface area (Å²) in [5.74, 6) is -0.377. The number of carbonyl (C=O) groups is 1. The van der Waals surface area contributed by atoms with Gasteiger partial charge in [0.05, 0.1) is 23.2 Å². The number of rotatable bonds is 4. The standard InChI is InChI=1S/C23H22F3N5O2/c1-13(2)20-12-27-22(29-19-11-18(28-15(4)32)8-9-21(19)33)30-31(20)14(3)16-6-5-7-17(10-16)23(24,25)26/h5-12,33H,3H2,1-2,4H3,(H,28,32)(H,29,30). The van der Waals surface area contributed by atoms with E-state index in [2.05, 4.69) is 27.3 Å². The molecule has 172 valence electrons. The highest BCUT2D eigenvalue weighted by atomic mass is 19.4. The Labute approximate surface area is 188 Å². The number of hydrogen-bond acceptors (Lipinski definition) is 4. The van der Waals surface area contributed by atoms with Crippen LogP contribution < -0.4 is 10.7 Å². The fraction of sp³-hybridized carbons (Fsp3) is 0.174. The summed E-state index contributed by atoms with van der Waals surface area (Å²) in [6.45, 7) is 8.95. The van der Waals surface area contributed by atoms with Gasteiger partial charge in [-0.1, -0.05) is 18.7 Å². The summed E-state index contributed by atoms with van der Waals surface area (Å²) in [6.07, 6.45) is -2.99. The predicted molar refractivity (Wildman–Crippen MR) is 122 cm³/mol. The number of halogens is 3. The topological polar surface area (TPSA) is 89.3 Å². The molecule has 0 unspecified atom stereocenters. The SMILES string of the molecule is C=C(c1cccc(C(F)(F)F)c1)N1NC(=Nc2cc(NC(C)=O)ccc2O)N=CC1=C(C)C. The van der Waals surface area contributed by atoms with E-state index in [-0.39, 0.29) is 34.6 Å². The molecule has 1 aliphatic heterocycles. The van der Waals surface area contributed by atoms with Gasteiger partial charge in [0, 0.05) is 18.2 Å². The van der Waals surface area contributed by atoms with Gasteiger partial charge in [-0.3, -0.25) is 15.2 Å². The third-order valence-electron chi connectivity index (χ3n) is 4.59. The van der Waals surface area contributed by atoms with Crippen LogP contribution in [0.15, 0.2) is 70.3 Å². The highest BCUT2D eigenvalue weighted by Crippen LogP contribution is 2.33.